The summed E-state index contributed by atoms with van der Waals surface area (Å²) in [5, 5.41) is 14.6. The molecule has 5 heteroatoms. The van der Waals surface area contributed by atoms with E-state index in [-0.39, 0.29) is 5.75 Å². The van der Waals surface area contributed by atoms with Crippen molar-refractivity contribution in [1.29, 1.82) is 0 Å². The molecule has 3 N–H and O–H groups in total. The summed E-state index contributed by atoms with van der Waals surface area (Å²) < 4.78 is 6.79. The number of nitrogen functional groups attached to an aromatic ring is 1. The second kappa shape index (κ2) is 4.25. The van der Waals surface area contributed by atoms with E-state index in [0.29, 0.717) is 28.4 Å². The van der Waals surface area contributed by atoms with Crippen molar-refractivity contribution in [3.05, 3.63) is 23.3 Å². The van der Waals surface area contributed by atoms with Gasteiger partial charge in [-0.2, -0.15) is 5.10 Å². The van der Waals surface area contributed by atoms with Gasteiger partial charge in [-0.3, -0.25) is 4.68 Å². The maximum absolute atomic E-state index is 10.3. The van der Waals surface area contributed by atoms with Crippen molar-refractivity contribution in [2.45, 2.75) is 13.8 Å². The van der Waals surface area contributed by atoms with Gasteiger partial charge < -0.3 is 15.6 Å². The van der Waals surface area contributed by atoms with Crippen molar-refractivity contribution in [1.82, 2.24) is 9.78 Å². The van der Waals surface area contributed by atoms with Crippen LogP contribution in [0.4, 0.5) is 5.82 Å². The summed E-state index contributed by atoms with van der Waals surface area (Å²) in [4.78, 5) is 0. The molecule has 0 spiro atoms. The van der Waals surface area contributed by atoms with Gasteiger partial charge >= 0.3 is 0 Å². The first-order valence-electron chi connectivity index (χ1n) is 5.62. The summed E-state index contributed by atoms with van der Waals surface area (Å²) in [5.41, 5.74) is 8.72. The van der Waals surface area contributed by atoms with Gasteiger partial charge in [0.2, 0.25) is 0 Å². The number of aromatic nitrogens is 2. The molecule has 0 aliphatic carbocycles. The van der Waals surface area contributed by atoms with Crippen LogP contribution in [0.15, 0.2) is 12.1 Å². The topological polar surface area (TPSA) is 73.3 Å². The van der Waals surface area contributed by atoms with E-state index >= 15 is 0 Å². The zero-order chi connectivity index (χ0) is 13.4. The van der Waals surface area contributed by atoms with Gasteiger partial charge in [0.15, 0.2) is 0 Å². The Morgan fingerprint density at radius 1 is 1.33 bits per heavy atom. The number of anilines is 1. The Labute approximate surface area is 106 Å². The number of hydrogen-bond donors (Lipinski definition) is 2. The Morgan fingerprint density at radius 3 is 2.50 bits per heavy atom. The number of nitrogens with zero attached hydrogens (tertiary/aromatic N) is 2. The summed E-state index contributed by atoms with van der Waals surface area (Å²) >= 11 is 0. The fraction of sp³-hybridized carbons (Fsp3) is 0.308. The molecule has 0 saturated heterocycles. The molecule has 0 saturated carbocycles. The van der Waals surface area contributed by atoms with E-state index in [2.05, 4.69) is 5.10 Å². The third kappa shape index (κ3) is 1.77. The highest BCUT2D eigenvalue weighted by Gasteiger charge is 2.17. The molecule has 1 aromatic heterocycles. The van der Waals surface area contributed by atoms with Gasteiger partial charge in [-0.05, 0) is 25.5 Å². The van der Waals surface area contributed by atoms with Crippen molar-refractivity contribution in [3.63, 3.8) is 0 Å². The molecule has 0 fully saturated rings. The molecule has 0 atom stereocenters. The van der Waals surface area contributed by atoms with Crippen LogP contribution in [-0.2, 0) is 7.05 Å². The van der Waals surface area contributed by atoms with E-state index in [4.69, 9.17) is 10.5 Å². The lowest BCUT2D eigenvalue weighted by Crippen LogP contribution is -1.97. The highest BCUT2D eigenvalue weighted by Crippen LogP contribution is 2.39. The quantitative estimate of drug-likeness (QED) is 0.851. The summed E-state index contributed by atoms with van der Waals surface area (Å²) in [6.45, 7) is 3.71. The normalized spacial score (nSPS) is 10.7. The molecule has 0 unspecified atom stereocenters. The summed E-state index contributed by atoms with van der Waals surface area (Å²) in [6.07, 6.45) is 0. The third-order valence-corrected chi connectivity index (χ3v) is 3.10. The second-order valence-corrected chi connectivity index (χ2v) is 4.32. The molecule has 1 aromatic carbocycles. The van der Waals surface area contributed by atoms with Crippen LogP contribution >= 0.6 is 0 Å². The van der Waals surface area contributed by atoms with Crippen LogP contribution in [0.2, 0.25) is 0 Å². The second-order valence-electron chi connectivity index (χ2n) is 4.32. The number of aryl methyl sites for hydroxylation is 2. The number of phenols is 1. The van der Waals surface area contributed by atoms with Gasteiger partial charge in [0.05, 0.1) is 12.8 Å². The van der Waals surface area contributed by atoms with Crippen LogP contribution in [0.5, 0.6) is 11.5 Å². The largest absolute Gasteiger partial charge is 0.507 e. The Hall–Kier alpha value is -2.17. The Morgan fingerprint density at radius 2 is 2.00 bits per heavy atom. The number of methoxy groups -OCH3 is 1. The number of aromatic hydroxyl groups is 1. The zero-order valence-corrected chi connectivity index (χ0v) is 11.0. The fourth-order valence-electron chi connectivity index (χ4n) is 2.01. The van der Waals surface area contributed by atoms with E-state index in [0.717, 1.165) is 5.56 Å². The van der Waals surface area contributed by atoms with Crippen molar-refractivity contribution in [3.8, 4) is 22.8 Å². The van der Waals surface area contributed by atoms with Gasteiger partial charge in [0.1, 0.15) is 17.3 Å². The predicted molar refractivity (Wildman–Crippen MR) is 70.7 cm³/mol. The monoisotopic (exact) mass is 247 g/mol. The maximum atomic E-state index is 10.3. The van der Waals surface area contributed by atoms with Gasteiger partial charge in [-0.15, -0.1) is 0 Å². The molecular weight excluding hydrogens is 230 g/mol. The Bertz CT molecular complexity index is 583. The highest BCUT2D eigenvalue weighted by atomic mass is 16.5. The van der Waals surface area contributed by atoms with Gasteiger partial charge in [-0.25, -0.2) is 0 Å². The van der Waals surface area contributed by atoms with Crippen molar-refractivity contribution in [2.24, 2.45) is 7.05 Å². The minimum absolute atomic E-state index is 0.185. The highest BCUT2D eigenvalue weighted by molar-refractivity contribution is 5.75. The smallest absolute Gasteiger partial charge is 0.131 e. The van der Waals surface area contributed by atoms with Gasteiger partial charge in [0, 0.05) is 24.2 Å². The lowest BCUT2D eigenvalue weighted by molar-refractivity contribution is 0.402. The zero-order valence-electron chi connectivity index (χ0n) is 11.0. The van der Waals surface area contributed by atoms with E-state index in [1.807, 2.05) is 19.9 Å². The number of nitrogens with two attached hydrogens (primary N) is 1. The number of rotatable bonds is 2. The predicted octanol–water partition coefficient (Wildman–Crippen LogP) is 2.00. The first-order chi connectivity index (χ1) is 8.45. The number of ether oxygens (including phenoxy) is 1. The number of hydrogen-bond acceptors (Lipinski definition) is 4. The van der Waals surface area contributed by atoms with Crippen molar-refractivity contribution < 1.29 is 9.84 Å². The van der Waals surface area contributed by atoms with Crippen LogP contribution in [0.1, 0.15) is 11.1 Å². The van der Waals surface area contributed by atoms with Gasteiger partial charge in [0.25, 0.3) is 0 Å². The average molecular weight is 247 g/mol. The van der Waals surface area contributed by atoms with Crippen molar-refractivity contribution in [2.75, 3.05) is 12.8 Å². The van der Waals surface area contributed by atoms with Crippen LogP contribution in [0.3, 0.4) is 0 Å². The lowest BCUT2D eigenvalue weighted by atomic mass is 10.00. The van der Waals surface area contributed by atoms with E-state index < -0.39 is 0 Å². The summed E-state index contributed by atoms with van der Waals surface area (Å²) in [6, 6.07) is 3.63. The molecule has 1 heterocycles. The molecule has 96 valence electrons. The lowest BCUT2D eigenvalue weighted by Gasteiger charge is -2.12. The molecule has 0 radical (unpaired) electrons. The summed E-state index contributed by atoms with van der Waals surface area (Å²) in [7, 11) is 3.35. The fourth-order valence-corrected chi connectivity index (χ4v) is 2.01. The minimum Gasteiger partial charge on any atom is -0.507 e. The van der Waals surface area contributed by atoms with Gasteiger partial charge in [-0.1, -0.05) is 0 Å². The average Bonchev–Trinajstić information content (AvgIpc) is 2.64. The standard InChI is InChI=1S/C13H17N3O2/c1-7-5-10(18-4)8(2)13(17)12(7)9-6-11(14)16(3)15-9/h5-6,17H,14H2,1-4H3. The minimum atomic E-state index is 0.185. The van der Waals surface area contributed by atoms with Crippen LogP contribution in [-0.4, -0.2) is 22.0 Å². The molecule has 2 rings (SSSR count). The third-order valence-electron chi connectivity index (χ3n) is 3.10. The van der Waals surface area contributed by atoms with Crippen LogP contribution in [0.25, 0.3) is 11.3 Å². The molecule has 0 aliphatic heterocycles. The Kier molecular flexibility index (Phi) is 2.90. The molecule has 0 amide bonds. The molecule has 0 aliphatic rings. The summed E-state index contributed by atoms with van der Waals surface area (Å²) in [5.74, 6) is 1.40. The van der Waals surface area contributed by atoms with Crippen LogP contribution in [0, 0.1) is 13.8 Å². The van der Waals surface area contributed by atoms with Crippen molar-refractivity contribution >= 4 is 5.82 Å². The first kappa shape index (κ1) is 12.3. The number of phenolic OH excluding ortho intramolecular Hbond substituents is 1. The molecule has 0 bridgehead atoms. The first-order valence-corrected chi connectivity index (χ1v) is 5.62. The van der Waals surface area contributed by atoms with E-state index in [1.54, 1.807) is 24.9 Å². The van der Waals surface area contributed by atoms with E-state index in [9.17, 15) is 5.11 Å². The molecule has 2 aromatic rings. The molecule has 18 heavy (non-hydrogen) atoms. The van der Waals surface area contributed by atoms with E-state index in [1.165, 1.54) is 0 Å². The maximum Gasteiger partial charge on any atom is 0.131 e. The van der Waals surface area contributed by atoms with Crippen LogP contribution < -0.4 is 10.5 Å². The molecule has 5 nitrogen and oxygen atoms in total. The number of benzene rings is 1. The SMILES string of the molecule is COc1cc(C)c(-c2cc(N)n(C)n2)c(O)c1C. The molecular formula is C13H17N3O2. The Balaban J connectivity index is 2.68.